The number of thioether (sulfide) groups is 1. The molecule has 8 heteroatoms. The minimum Gasteiger partial charge on any atom is -0.353 e. The van der Waals surface area contributed by atoms with Gasteiger partial charge in [-0.3, -0.25) is 9.59 Å². The van der Waals surface area contributed by atoms with Crippen LogP contribution in [0.15, 0.2) is 48.5 Å². The Hall–Kier alpha value is -2.09. The Labute approximate surface area is 197 Å². The van der Waals surface area contributed by atoms with E-state index in [1.807, 2.05) is 0 Å². The summed E-state index contributed by atoms with van der Waals surface area (Å²) in [5, 5.41) is 2.98. The lowest BCUT2D eigenvalue weighted by Crippen LogP contribution is -2.49. The second kappa shape index (κ2) is 10.7. The summed E-state index contributed by atoms with van der Waals surface area (Å²) in [5.74, 6) is -0.341. The summed E-state index contributed by atoms with van der Waals surface area (Å²) in [6, 6.07) is 12.3. The maximum Gasteiger partial charge on any atom is 0.257 e. The van der Waals surface area contributed by atoms with Crippen LogP contribution in [0, 0.1) is 5.82 Å². The molecule has 2 aliphatic rings. The fraction of sp³-hybridized carbons (Fsp3) is 0.417. The number of hydrogen-bond donors (Lipinski definition) is 1. The second-order valence-corrected chi connectivity index (χ2v) is 9.66. The first kappa shape index (κ1) is 23.1. The van der Waals surface area contributed by atoms with Crippen LogP contribution in [0.4, 0.5) is 4.39 Å². The van der Waals surface area contributed by atoms with Crippen molar-refractivity contribution in [2.45, 2.75) is 30.7 Å². The van der Waals surface area contributed by atoms with Gasteiger partial charge in [0.05, 0.1) is 10.6 Å². The van der Waals surface area contributed by atoms with Crippen LogP contribution in [0.5, 0.6) is 0 Å². The molecule has 5 nitrogen and oxygen atoms in total. The Bertz CT molecular complexity index is 953. The predicted octanol–water partition coefficient (Wildman–Crippen LogP) is 4.34. The van der Waals surface area contributed by atoms with Gasteiger partial charge in [-0.25, -0.2) is 4.39 Å². The van der Waals surface area contributed by atoms with Crippen LogP contribution in [0.3, 0.4) is 0 Å². The third-order valence-corrected chi connectivity index (χ3v) is 7.63. The zero-order valence-electron chi connectivity index (χ0n) is 17.8. The molecule has 170 valence electrons. The second-order valence-electron chi connectivity index (χ2n) is 8.14. The van der Waals surface area contributed by atoms with Crippen molar-refractivity contribution in [3.8, 4) is 0 Å². The zero-order valence-corrected chi connectivity index (χ0v) is 19.4. The van der Waals surface area contributed by atoms with E-state index in [1.54, 1.807) is 41.3 Å². The van der Waals surface area contributed by atoms with E-state index < -0.39 is 11.4 Å². The van der Waals surface area contributed by atoms with Gasteiger partial charge in [-0.15, -0.1) is 11.8 Å². The van der Waals surface area contributed by atoms with Crippen molar-refractivity contribution in [3.05, 3.63) is 70.5 Å². The van der Waals surface area contributed by atoms with Crippen LogP contribution in [0.2, 0.25) is 5.02 Å². The molecule has 0 radical (unpaired) electrons. The monoisotopic (exact) mass is 475 g/mol. The first-order valence-corrected chi connectivity index (χ1v) is 12.4. The molecule has 2 aromatic rings. The van der Waals surface area contributed by atoms with Gasteiger partial charge in [0.15, 0.2) is 0 Å². The Morgan fingerprint density at radius 3 is 2.50 bits per heavy atom. The summed E-state index contributed by atoms with van der Waals surface area (Å²) in [6.07, 6.45) is 3.67. The molecule has 32 heavy (non-hydrogen) atoms. The average Bonchev–Trinajstić information content (AvgIpc) is 3.25. The van der Waals surface area contributed by atoms with Gasteiger partial charge in [-0.1, -0.05) is 42.3 Å². The zero-order chi connectivity index (χ0) is 22.5. The smallest absolute Gasteiger partial charge is 0.257 e. The Kier molecular flexibility index (Phi) is 7.71. The van der Waals surface area contributed by atoms with Crippen LogP contribution in [0.1, 0.15) is 40.6 Å². The molecule has 2 atom stereocenters. The largest absolute Gasteiger partial charge is 0.353 e. The Morgan fingerprint density at radius 1 is 1.06 bits per heavy atom. The number of carbonyl (C=O) groups is 2. The molecule has 1 N–H and O–H groups in total. The number of nitrogens with zero attached hydrogens (tertiary/aromatic N) is 2. The highest BCUT2D eigenvalue weighted by atomic mass is 35.5. The van der Waals surface area contributed by atoms with Crippen molar-refractivity contribution in [1.82, 2.24) is 15.1 Å². The molecule has 2 fully saturated rings. The normalized spacial score (nSPS) is 21.5. The maximum atomic E-state index is 13.5. The molecular formula is C24H27ClFN3O2S. The van der Waals surface area contributed by atoms with E-state index in [9.17, 15) is 14.0 Å². The highest BCUT2D eigenvalue weighted by Gasteiger charge is 2.43. The van der Waals surface area contributed by atoms with E-state index in [-0.39, 0.29) is 17.6 Å². The number of benzene rings is 2. The van der Waals surface area contributed by atoms with Gasteiger partial charge in [0, 0.05) is 18.8 Å². The van der Waals surface area contributed by atoms with Crippen LogP contribution in [0.25, 0.3) is 0 Å². The fourth-order valence-electron chi connectivity index (χ4n) is 4.25. The Morgan fingerprint density at radius 2 is 1.78 bits per heavy atom. The van der Waals surface area contributed by atoms with E-state index in [2.05, 4.69) is 10.2 Å². The molecule has 2 aliphatic heterocycles. The summed E-state index contributed by atoms with van der Waals surface area (Å²) >= 11 is 7.80. The van der Waals surface area contributed by atoms with Crippen LogP contribution in [-0.2, 0) is 4.79 Å². The van der Waals surface area contributed by atoms with Gasteiger partial charge in [0.1, 0.15) is 17.2 Å². The molecule has 0 saturated carbocycles. The van der Waals surface area contributed by atoms with Gasteiger partial charge in [-0.05, 0) is 55.8 Å². The first-order valence-electron chi connectivity index (χ1n) is 11.0. The van der Waals surface area contributed by atoms with E-state index >= 15 is 0 Å². The molecule has 4 rings (SSSR count). The van der Waals surface area contributed by atoms with Crippen LogP contribution < -0.4 is 5.32 Å². The number of amides is 2. The number of nitrogens with one attached hydrogen (secondary N) is 1. The minimum atomic E-state index is -0.625. The van der Waals surface area contributed by atoms with E-state index in [0.717, 1.165) is 25.2 Å². The van der Waals surface area contributed by atoms with E-state index in [4.69, 9.17) is 11.6 Å². The number of rotatable bonds is 6. The van der Waals surface area contributed by atoms with Gasteiger partial charge >= 0.3 is 0 Å². The molecule has 2 amide bonds. The lowest BCUT2D eigenvalue weighted by atomic mass is 10.1. The van der Waals surface area contributed by atoms with Gasteiger partial charge < -0.3 is 15.1 Å². The lowest BCUT2D eigenvalue weighted by molar-refractivity contribution is -0.124. The van der Waals surface area contributed by atoms with Crippen molar-refractivity contribution in [3.63, 3.8) is 0 Å². The van der Waals surface area contributed by atoms with Crippen molar-refractivity contribution in [1.29, 1.82) is 0 Å². The number of hydrogen-bond acceptors (Lipinski definition) is 4. The topological polar surface area (TPSA) is 52.7 Å². The van der Waals surface area contributed by atoms with Gasteiger partial charge in [-0.2, -0.15) is 0 Å². The number of piperidine rings is 1. The molecule has 0 aliphatic carbocycles. The van der Waals surface area contributed by atoms with Crippen molar-refractivity contribution < 1.29 is 14.0 Å². The molecular weight excluding hydrogens is 449 g/mol. The summed E-state index contributed by atoms with van der Waals surface area (Å²) in [5.41, 5.74) is 1.13. The fourth-order valence-corrected chi connectivity index (χ4v) is 5.90. The Balaban J connectivity index is 1.52. The maximum absolute atomic E-state index is 13.5. The standard InChI is InChI=1S/C24H27ClFN3O2S/c25-20-7-3-2-6-19(20)23(31)29-21(16-32-24(29)17-8-10-18(26)11-9-17)22(30)27-12-15-28-13-4-1-5-14-28/h2-3,6-11,21,24H,1,4-5,12-16H2,(H,27,30). The summed E-state index contributed by atoms with van der Waals surface area (Å²) in [4.78, 5) is 30.6. The van der Waals surface area contributed by atoms with Crippen molar-refractivity contribution >= 4 is 35.2 Å². The summed E-state index contributed by atoms with van der Waals surface area (Å²) in [7, 11) is 0. The molecule has 0 spiro atoms. The molecule has 0 bridgehead atoms. The van der Waals surface area contributed by atoms with Crippen molar-refractivity contribution in [2.24, 2.45) is 0 Å². The third kappa shape index (κ3) is 5.27. The first-order chi connectivity index (χ1) is 15.5. The minimum absolute atomic E-state index is 0.167. The molecule has 0 aromatic heterocycles. The molecule has 2 heterocycles. The number of likely N-dealkylation sites (tertiary alicyclic amines) is 1. The summed E-state index contributed by atoms with van der Waals surface area (Å²) in [6.45, 7) is 3.50. The molecule has 2 unspecified atom stereocenters. The number of halogens is 2. The number of carbonyl (C=O) groups excluding carboxylic acids is 2. The third-order valence-electron chi connectivity index (χ3n) is 5.97. The highest BCUT2D eigenvalue weighted by molar-refractivity contribution is 7.99. The lowest BCUT2D eigenvalue weighted by Gasteiger charge is -2.30. The SMILES string of the molecule is O=C(NCCN1CCCCC1)C1CSC(c2ccc(F)cc2)N1C(=O)c1ccccc1Cl. The van der Waals surface area contributed by atoms with E-state index in [0.29, 0.717) is 22.9 Å². The van der Waals surface area contributed by atoms with Gasteiger partial charge in [0.2, 0.25) is 5.91 Å². The van der Waals surface area contributed by atoms with Crippen LogP contribution >= 0.6 is 23.4 Å². The summed E-state index contributed by atoms with van der Waals surface area (Å²) < 4.78 is 13.5. The van der Waals surface area contributed by atoms with Crippen LogP contribution in [-0.4, -0.2) is 59.6 Å². The van der Waals surface area contributed by atoms with E-state index in [1.165, 1.54) is 43.2 Å². The predicted molar refractivity (Wildman–Crippen MR) is 126 cm³/mol. The highest BCUT2D eigenvalue weighted by Crippen LogP contribution is 2.42. The molecule has 2 aromatic carbocycles. The van der Waals surface area contributed by atoms with Gasteiger partial charge in [0.25, 0.3) is 5.91 Å². The molecule has 2 saturated heterocycles. The average molecular weight is 476 g/mol. The van der Waals surface area contributed by atoms with Crippen molar-refractivity contribution in [2.75, 3.05) is 31.9 Å². The quantitative estimate of drug-likeness (QED) is 0.675.